The smallest absolute Gasteiger partial charge is 0.147 e. The first kappa shape index (κ1) is 13.8. The molecule has 2 aromatic rings. The fraction of sp³-hybridized carbons (Fsp3) is 0.333. The summed E-state index contributed by atoms with van der Waals surface area (Å²) < 4.78 is 0. The van der Waals surface area contributed by atoms with Crippen LogP contribution in [0.15, 0.2) is 29.4 Å². The number of hydrogen-bond acceptors (Lipinski definition) is 3. The maximum atomic E-state index is 6.01. The number of hydrazone groups is 1. The van der Waals surface area contributed by atoms with Crippen LogP contribution < -0.4 is 5.43 Å². The van der Waals surface area contributed by atoms with Crippen molar-refractivity contribution in [3.05, 3.63) is 34.9 Å². The highest BCUT2D eigenvalue weighted by Crippen LogP contribution is 2.23. The molecule has 0 bridgehead atoms. The number of rotatable bonds is 4. The zero-order valence-electron chi connectivity index (χ0n) is 11.5. The van der Waals surface area contributed by atoms with Gasteiger partial charge in [-0.05, 0) is 49.6 Å². The molecule has 0 saturated heterocycles. The minimum absolute atomic E-state index is 0.732. The molecule has 3 nitrogen and oxygen atoms in total. The van der Waals surface area contributed by atoms with E-state index in [4.69, 9.17) is 11.6 Å². The standard InChI is InChI=1S/C15H18ClN3/c1-4-12(5-2)18-19-15-8-10(3)13-9-11(16)6-7-14(13)17-15/h6-9H,4-5H2,1-3H3,(H,17,19). The Hall–Kier alpha value is -1.61. The van der Waals surface area contributed by atoms with E-state index in [1.807, 2.05) is 24.3 Å². The Morgan fingerprint density at radius 1 is 1.26 bits per heavy atom. The average molecular weight is 276 g/mol. The SMILES string of the molecule is CCC(CC)=NNc1cc(C)c2cc(Cl)ccc2n1. The van der Waals surface area contributed by atoms with E-state index in [0.29, 0.717) is 0 Å². The lowest BCUT2D eigenvalue weighted by Crippen LogP contribution is -2.01. The number of anilines is 1. The lowest BCUT2D eigenvalue weighted by atomic mass is 10.1. The highest BCUT2D eigenvalue weighted by molar-refractivity contribution is 6.31. The summed E-state index contributed by atoms with van der Waals surface area (Å²) in [5, 5.41) is 6.18. The quantitative estimate of drug-likeness (QED) is 0.644. The molecule has 4 heteroatoms. The van der Waals surface area contributed by atoms with Gasteiger partial charge in [0, 0.05) is 16.1 Å². The highest BCUT2D eigenvalue weighted by atomic mass is 35.5. The van der Waals surface area contributed by atoms with Crippen molar-refractivity contribution in [3.63, 3.8) is 0 Å². The van der Waals surface area contributed by atoms with Crippen molar-refractivity contribution < 1.29 is 0 Å². The third kappa shape index (κ3) is 3.24. The summed E-state index contributed by atoms with van der Waals surface area (Å²) in [6.45, 7) is 6.26. The van der Waals surface area contributed by atoms with Gasteiger partial charge in [0.25, 0.3) is 0 Å². The molecular weight excluding hydrogens is 258 g/mol. The molecule has 1 heterocycles. The summed E-state index contributed by atoms with van der Waals surface area (Å²) >= 11 is 6.01. The molecule has 19 heavy (non-hydrogen) atoms. The molecule has 0 radical (unpaired) electrons. The van der Waals surface area contributed by atoms with Crippen LogP contribution in [0.25, 0.3) is 10.9 Å². The molecule has 0 aliphatic rings. The predicted octanol–water partition coefficient (Wildman–Crippen LogP) is 4.78. The van der Waals surface area contributed by atoms with Crippen LogP contribution in [0.4, 0.5) is 5.82 Å². The Bertz CT molecular complexity index is 614. The number of nitrogens with one attached hydrogen (secondary N) is 1. The summed E-state index contributed by atoms with van der Waals surface area (Å²) in [4.78, 5) is 4.54. The van der Waals surface area contributed by atoms with Crippen molar-refractivity contribution >= 4 is 34.0 Å². The van der Waals surface area contributed by atoms with Crippen LogP contribution in [0.1, 0.15) is 32.3 Å². The van der Waals surface area contributed by atoms with Crippen molar-refractivity contribution in [3.8, 4) is 0 Å². The van der Waals surface area contributed by atoms with Gasteiger partial charge in [-0.3, -0.25) is 5.43 Å². The topological polar surface area (TPSA) is 37.3 Å². The van der Waals surface area contributed by atoms with Crippen LogP contribution in [-0.4, -0.2) is 10.7 Å². The van der Waals surface area contributed by atoms with E-state index in [0.717, 1.165) is 45.9 Å². The second-order valence-electron chi connectivity index (χ2n) is 4.48. The molecule has 0 aliphatic heterocycles. The molecule has 1 aromatic carbocycles. The molecule has 0 aliphatic carbocycles. The third-order valence-electron chi connectivity index (χ3n) is 3.12. The van der Waals surface area contributed by atoms with Gasteiger partial charge in [-0.1, -0.05) is 25.4 Å². The Balaban J connectivity index is 2.36. The molecule has 100 valence electrons. The minimum atomic E-state index is 0.732. The normalized spacial score (nSPS) is 10.5. The molecule has 0 spiro atoms. The molecular formula is C15H18ClN3. The number of fused-ring (bicyclic) bond motifs is 1. The number of hydrogen-bond donors (Lipinski definition) is 1. The van der Waals surface area contributed by atoms with Crippen LogP contribution in [-0.2, 0) is 0 Å². The number of benzene rings is 1. The summed E-state index contributed by atoms with van der Waals surface area (Å²) in [7, 11) is 0. The molecule has 0 fully saturated rings. The monoisotopic (exact) mass is 275 g/mol. The number of halogens is 1. The molecule has 0 atom stereocenters. The second-order valence-corrected chi connectivity index (χ2v) is 4.92. The zero-order valence-corrected chi connectivity index (χ0v) is 12.3. The van der Waals surface area contributed by atoms with Crippen LogP contribution in [0.3, 0.4) is 0 Å². The molecule has 0 amide bonds. The van der Waals surface area contributed by atoms with E-state index in [1.54, 1.807) is 0 Å². The number of pyridine rings is 1. The summed E-state index contributed by atoms with van der Waals surface area (Å²) in [6.07, 6.45) is 1.90. The van der Waals surface area contributed by atoms with E-state index in [9.17, 15) is 0 Å². The van der Waals surface area contributed by atoms with Crippen molar-refractivity contribution in [2.45, 2.75) is 33.6 Å². The van der Waals surface area contributed by atoms with Gasteiger partial charge in [0.2, 0.25) is 0 Å². The Morgan fingerprint density at radius 2 is 2.00 bits per heavy atom. The van der Waals surface area contributed by atoms with Crippen molar-refractivity contribution in [1.82, 2.24) is 4.98 Å². The van der Waals surface area contributed by atoms with Gasteiger partial charge in [-0.15, -0.1) is 0 Å². The fourth-order valence-corrected chi connectivity index (χ4v) is 2.14. The van der Waals surface area contributed by atoms with Crippen molar-refractivity contribution in [2.24, 2.45) is 5.10 Å². The van der Waals surface area contributed by atoms with Gasteiger partial charge < -0.3 is 0 Å². The highest BCUT2D eigenvalue weighted by Gasteiger charge is 2.03. The van der Waals surface area contributed by atoms with Crippen LogP contribution in [0.5, 0.6) is 0 Å². The first-order valence-corrected chi connectivity index (χ1v) is 6.90. The maximum absolute atomic E-state index is 6.01. The number of aromatic nitrogens is 1. The first-order chi connectivity index (χ1) is 9.13. The fourth-order valence-electron chi connectivity index (χ4n) is 1.97. The molecule has 0 saturated carbocycles. The van der Waals surface area contributed by atoms with E-state index >= 15 is 0 Å². The minimum Gasteiger partial charge on any atom is -0.261 e. The van der Waals surface area contributed by atoms with Crippen molar-refractivity contribution in [2.75, 3.05) is 5.43 Å². The van der Waals surface area contributed by atoms with Gasteiger partial charge in [-0.2, -0.15) is 5.10 Å². The van der Waals surface area contributed by atoms with Gasteiger partial charge in [-0.25, -0.2) is 4.98 Å². The summed E-state index contributed by atoms with van der Waals surface area (Å²) in [6, 6.07) is 7.72. The third-order valence-corrected chi connectivity index (χ3v) is 3.36. The van der Waals surface area contributed by atoms with Gasteiger partial charge >= 0.3 is 0 Å². The first-order valence-electron chi connectivity index (χ1n) is 6.52. The van der Waals surface area contributed by atoms with Gasteiger partial charge in [0.15, 0.2) is 0 Å². The summed E-state index contributed by atoms with van der Waals surface area (Å²) in [5.74, 6) is 0.770. The van der Waals surface area contributed by atoms with Gasteiger partial charge in [0.1, 0.15) is 5.82 Å². The van der Waals surface area contributed by atoms with E-state index in [1.165, 1.54) is 0 Å². The lowest BCUT2D eigenvalue weighted by Gasteiger charge is -2.07. The Kier molecular flexibility index (Phi) is 4.38. The van der Waals surface area contributed by atoms with Crippen LogP contribution in [0, 0.1) is 6.92 Å². The number of aryl methyl sites for hydroxylation is 1. The molecule has 1 N–H and O–H groups in total. The van der Waals surface area contributed by atoms with E-state index in [2.05, 4.69) is 36.3 Å². The molecule has 0 unspecified atom stereocenters. The van der Waals surface area contributed by atoms with Gasteiger partial charge in [0.05, 0.1) is 5.52 Å². The number of nitrogens with zero attached hydrogens (tertiary/aromatic N) is 2. The van der Waals surface area contributed by atoms with Crippen LogP contribution >= 0.6 is 11.6 Å². The average Bonchev–Trinajstić information content (AvgIpc) is 2.41. The maximum Gasteiger partial charge on any atom is 0.147 e. The Morgan fingerprint density at radius 3 is 2.68 bits per heavy atom. The van der Waals surface area contributed by atoms with Crippen LogP contribution in [0.2, 0.25) is 5.02 Å². The molecule has 2 rings (SSSR count). The van der Waals surface area contributed by atoms with E-state index < -0.39 is 0 Å². The molecule has 1 aromatic heterocycles. The summed E-state index contributed by atoms with van der Waals surface area (Å²) in [5.41, 5.74) is 6.24. The van der Waals surface area contributed by atoms with E-state index in [-0.39, 0.29) is 0 Å². The largest absolute Gasteiger partial charge is 0.261 e. The lowest BCUT2D eigenvalue weighted by molar-refractivity contribution is 1.11. The van der Waals surface area contributed by atoms with Crippen molar-refractivity contribution in [1.29, 1.82) is 0 Å². The second kappa shape index (κ2) is 6.02. The Labute approximate surface area is 118 Å². The predicted molar refractivity (Wildman–Crippen MR) is 83.1 cm³/mol. The zero-order chi connectivity index (χ0) is 13.8.